The van der Waals surface area contributed by atoms with Crippen LogP contribution in [-0.2, 0) is 21.2 Å². The quantitative estimate of drug-likeness (QED) is 0.788. The highest BCUT2D eigenvalue weighted by Gasteiger charge is 2.23. The van der Waals surface area contributed by atoms with Crippen LogP contribution in [0, 0.1) is 13.8 Å². The van der Waals surface area contributed by atoms with Gasteiger partial charge in [-0.25, -0.2) is 12.7 Å². The van der Waals surface area contributed by atoms with Gasteiger partial charge in [0.15, 0.2) is 0 Å². The van der Waals surface area contributed by atoms with Crippen molar-refractivity contribution in [3.63, 3.8) is 0 Å². The maximum absolute atomic E-state index is 12.6. The van der Waals surface area contributed by atoms with Crippen LogP contribution in [0.1, 0.15) is 23.6 Å². The van der Waals surface area contributed by atoms with Crippen molar-refractivity contribution >= 4 is 21.6 Å². The summed E-state index contributed by atoms with van der Waals surface area (Å²) in [4.78, 5) is 12.4. The topological polar surface area (TPSA) is 75.7 Å². The van der Waals surface area contributed by atoms with Crippen molar-refractivity contribution in [3.8, 4) is 5.75 Å². The lowest BCUT2D eigenvalue weighted by Crippen LogP contribution is -2.23. The van der Waals surface area contributed by atoms with Crippen molar-refractivity contribution in [2.45, 2.75) is 32.1 Å². The van der Waals surface area contributed by atoms with Crippen molar-refractivity contribution in [3.05, 3.63) is 53.1 Å². The van der Waals surface area contributed by atoms with E-state index in [2.05, 4.69) is 5.32 Å². The molecule has 0 radical (unpaired) electrons. The Morgan fingerprint density at radius 2 is 1.78 bits per heavy atom. The van der Waals surface area contributed by atoms with Crippen LogP contribution < -0.4 is 10.1 Å². The number of nitrogens with zero attached hydrogens (tertiary/aromatic N) is 1. The summed E-state index contributed by atoms with van der Waals surface area (Å²) in [7, 11) is -0.791. The fourth-order valence-corrected chi connectivity index (χ4v) is 3.61. The SMILES string of the molecule is CCOc1ccc(NC(=O)Cc2ccc(C)c(C)c2)cc1S(=O)(=O)N(C)C. The predicted octanol–water partition coefficient (Wildman–Crippen LogP) is 3.13. The lowest BCUT2D eigenvalue weighted by Gasteiger charge is -2.16. The van der Waals surface area contributed by atoms with Crippen LogP contribution in [0.25, 0.3) is 0 Å². The molecule has 2 aromatic carbocycles. The molecule has 0 unspecified atom stereocenters. The molecule has 2 aromatic rings. The minimum absolute atomic E-state index is 0.0262. The van der Waals surface area contributed by atoms with E-state index in [1.807, 2.05) is 32.0 Å². The molecule has 6 nitrogen and oxygen atoms in total. The zero-order valence-corrected chi connectivity index (χ0v) is 17.2. The van der Waals surface area contributed by atoms with E-state index in [-0.39, 0.29) is 23.0 Å². The molecule has 0 saturated heterocycles. The Kier molecular flexibility index (Phi) is 6.62. The summed E-state index contributed by atoms with van der Waals surface area (Å²) >= 11 is 0. The second-order valence-corrected chi connectivity index (χ2v) is 8.65. The van der Waals surface area contributed by atoms with Gasteiger partial charge in [0, 0.05) is 19.8 Å². The molecule has 0 fully saturated rings. The van der Waals surface area contributed by atoms with Crippen molar-refractivity contribution in [2.24, 2.45) is 0 Å². The number of amides is 1. The smallest absolute Gasteiger partial charge is 0.246 e. The van der Waals surface area contributed by atoms with E-state index >= 15 is 0 Å². The maximum atomic E-state index is 12.6. The average molecular weight is 391 g/mol. The molecule has 0 heterocycles. The molecule has 27 heavy (non-hydrogen) atoms. The van der Waals surface area contributed by atoms with Gasteiger partial charge in [-0.15, -0.1) is 0 Å². The lowest BCUT2D eigenvalue weighted by atomic mass is 10.0. The molecule has 0 atom stereocenters. The Morgan fingerprint density at radius 1 is 1.07 bits per heavy atom. The number of rotatable bonds is 7. The largest absolute Gasteiger partial charge is 0.492 e. The molecule has 0 aliphatic carbocycles. The van der Waals surface area contributed by atoms with Gasteiger partial charge in [0.25, 0.3) is 0 Å². The van der Waals surface area contributed by atoms with E-state index in [1.165, 1.54) is 25.7 Å². The second-order valence-electron chi connectivity index (χ2n) is 6.53. The molecule has 0 saturated carbocycles. The molecule has 7 heteroatoms. The molecular formula is C20H26N2O4S. The number of hydrogen-bond acceptors (Lipinski definition) is 4. The Labute approximate surface area is 161 Å². The van der Waals surface area contributed by atoms with Gasteiger partial charge in [-0.3, -0.25) is 4.79 Å². The van der Waals surface area contributed by atoms with Gasteiger partial charge in [0.05, 0.1) is 13.0 Å². The molecule has 0 aliphatic heterocycles. The Balaban J connectivity index is 2.25. The number of hydrogen-bond donors (Lipinski definition) is 1. The maximum Gasteiger partial charge on any atom is 0.246 e. The minimum Gasteiger partial charge on any atom is -0.492 e. The van der Waals surface area contributed by atoms with Crippen LogP contribution in [0.15, 0.2) is 41.3 Å². The van der Waals surface area contributed by atoms with Crippen LogP contribution in [0.5, 0.6) is 5.75 Å². The van der Waals surface area contributed by atoms with Crippen LogP contribution in [-0.4, -0.2) is 39.3 Å². The number of nitrogens with one attached hydrogen (secondary N) is 1. The van der Waals surface area contributed by atoms with Gasteiger partial charge < -0.3 is 10.1 Å². The molecule has 0 aromatic heterocycles. The van der Waals surface area contributed by atoms with Gasteiger partial charge in [0.1, 0.15) is 10.6 Å². The fourth-order valence-electron chi connectivity index (χ4n) is 2.56. The van der Waals surface area contributed by atoms with E-state index in [0.717, 1.165) is 15.4 Å². The van der Waals surface area contributed by atoms with E-state index < -0.39 is 10.0 Å². The monoisotopic (exact) mass is 390 g/mol. The van der Waals surface area contributed by atoms with Crippen molar-refractivity contribution < 1.29 is 17.9 Å². The lowest BCUT2D eigenvalue weighted by molar-refractivity contribution is -0.115. The zero-order valence-electron chi connectivity index (χ0n) is 16.4. The Morgan fingerprint density at radius 3 is 2.37 bits per heavy atom. The number of sulfonamides is 1. The second kappa shape index (κ2) is 8.54. The first-order valence-corrected chi connectivity index (χ1v) is 10.1. The summed E-state index contributed by atoms with van der Waals surface area (Å²) in [5.74, 6) is 0.0500. The number of carbonyl (C=O) groups excluding carboxylic acids is 1. The first kappa shape index (κ1) is 20.9. The Bertz CT molecular complexity index is 937. The minimum atomic E-state index is -3.70. The van der Waals surface area contributed by atoms with Gasteiger partial charge in [-0.1, -0.05) is 18.2 Å². The molecule has 1 amide bonds. The van der Waals surface area contributed by atoms with E-state index in [0.29, 0.717) is 12.3 Å². The highest BCUT2D eigenvalue weighted by molar-refractivity contribution is 7.89. The number of anilines is 1. The van der Waals surface area contributed by atoms with Gasteiger partial charge in [-0.2, -0.15) is 0 Å². The highest BCUT2D eigenvalue weighted by atomic mass is 32.2. The van der Waals surface area contributed by atoms with Gasteiger partial charge in [0.2, 0.25) is 15.9 Å². The van der Waals surface area contributed by atoms with Crippen molar-refractivity contribution in [1.29, 1.82) is 0 Å². The summed E-state index contributed by atoms with van der Waals surface area (Å²) in [5, 5.41) is 2.77. The third kappa shape index (κ3) is 5.08. The normalized spacial score (nSPS) is 11.5. The molecule has 2 rings (SSSR count). The number of carbonyl (C=O) groups is 1. The summed E-state index contributed by atoms with van der Waals surface area (Å²) in [5.41, 5.74) is 3.61. The molecular weight excluding hydrogens is 364 g/mol. The van der Waals surface area contributed by atoms with Gasteiger partial charge in [-0.05, 0) is 55.7 Å². The van der Waals surface area contributed by atoms with Crippen LogP contribution >= 0.6 is 0 Å². The summed E-state index contributed by atoms with van der Waals surface area (Å²) < 4.78 is 31.7. The fraction of sp³-hybridized carbons (Fsp3) is 0.350. The summed E-state index contributed by atoms with van der Waals surface area (Å²) in [6, 6.07) is 10.5. The Hall–Kier alpha value is -2.38. The summed E-state index contributed by atoms with van der Waals surface area (Å²) in [6.45, 7) is 6.15. The molecule has 146 valence electrons. The first-order chi connectivity index (χ1) is 12.6. The first-order valence-electron chi connectivity index (χ1n) is 8.70. The molecule has 0 spiro atoms. The van der Waals surface area contributed by atoms with Crippen LogP contribution in [0.2, 0.25) is 0 Å². The third-order valence-corrected chi connectivity index (χ3v) is 6.06. The molecule has 0 aliphatic rings. The average Bonchev–Trinajstić information content (AvgIpc) is 2.59. The predicted molar refractivity (Wildman–Crippen MR) is 107 cm³/mol. The van der Waals surface area contributed by atoms with Crippen LogP contribution in [0.3, 0.4) is 0 Å². The van der Waals surface area contributed by atoms with Crippen molar-refractivity contribution in [1.82, 2.24) is 4.31 Å². The van der Waals surface area contributed by atoms with E-state index in [4.69, 9.17) is 4.74 Å². The standard InChI is InChI=1S/C20H26N2O4S/c1-6-26-18-10-9-17(13-19(18)27(24,25)22(4)5)21-20(23)12-16-8-7-14(2)15(3)11-16/h7-11,13H,6,12H2,1-5H3,(H,21,23). The zero-order chi connectivity index (χ0) is 20.2. The van der Waals surface area contributed by atoms with E-state index in [1.54, 1.807) is 19.1 Å². The van der Waals surface area contributed by atoms with E-state index in [9.17, 15) is 13.2 Å². The number of aryl methyl sites for hydroxylation is 2. The van der Waals surface area contributed by atoms with Crippen molar-refractivity contribution in [2.75, 3.05) is 26.0 Å². The molecule has 1 N–H and O–H groups in total. The molecule has 0 bridgehead atoms. The summed E-state index contributed by atoms with van der Waals surface area (Å²) in [6.07, 6.45) is 0.212. The number of benzene rings is 2. The van der Waals surface area contributed by atoms with Crippen LogP contribution in [0.4, 0.5) is 5.69 Å². The third-order valence-electron chi connectivity index (χ3n) is 4.22. The number of ether oxygens (including phenoxy) is 1. The van der Waals surface area contributed by atoms with Gasteiger partial charge >= 0.3 is 0 Å². The highest BCUT2D eigenvalue weighted by Crippen LogP contribution is 2.29.